The largest absolute Gasteiger partial charge is 0.469 e. The summed E-state index contributed by atoms with van der Waals surface area (Å²) in [4.78, 5) is -4.56. The molecule has 1 nitrogen and oxygen atoms in total. The molecule has 0 heterocycles. The van der Waals surface area contributed by atoms with Crippen LogP contribution in [0.5, 0.6) is 0 Å². The minimum Gasteiger partial charge on any atom is -0.177 e. The summed E-state index contributed by atoms with van der Waals surface area (Å²) >= 11 is 0. The van der Waals surface area contributed by atoms with E-state index in [4.69, 9.17) is 0 Å². The Bertz CT molecular complexity index is 334. The summed E-state index contributed by atoms with van der Waals surface area (Å²) in [5.41, 5.74) is 0. The average Bonchev–Trinajstić information content (AvgIpc) is 2.09. The predicted octanol–water partition coefficient (Wildman–Crippen LogP) is 4.75. The van der Waals surface area contributed by atoms with Crippen molar-refractivity contribution in [3.8, 4) is 0 Å². The van der Waals surface area contributed by atoms with E-state index in [0.29, 0.717) is 0 Å². The maximum Gasteiger partial charge on any atom is 0.469 e. The molecule has 0 unspecified atom stereocenters. The molecule has 0 spiro atoms. The molecule has 0 amide bonds. The molecule has 0 radical (unpaired) electrons. The number of halogens is 15. The highest BCUT2D eigenvalue weighted by Crippen LogP contribution is 2.55. The predicted molar refractivity (Wildman–Crippen MR) is 34.8 cm³/mol. The first-order valence-electron chi connectivity index (χ1n) is 4.26. The lowest BCUT2D eigenvalue weighted by molar-refractivity contribution is -0.507. The van der Waals surface area contributed by atoms with Gasteiger partial charge in [0.25, 0.3) is 0 Å². The number of nitrogens with zero attached hydrogens (tertiary/aromatic N) is 1. The van der Waals surface area contributed by atoms with Gasteiger partial charge >= 0.3 is 36.7 Å². The molecule has 0 atom stereocenters. The van der Waals surface area contributed by atoms with Crippen LogP contribution in [0.2, 0.25) is 0 Å². The molecule has 0 rings (SSSR count). The highest BCUT2D eigenvalue weighted by atomic mass is 19.4. The van der Waals surface area contributed by atoms with Gasteiger partial charge in [0.05, 0.1) is 0 Å². The van der Waals surface area contributed by atoms with Crippen molar-refractivity contribution in [3.05, 3.63) is 0 Å². The van der Waals surface area contributed by atoms with Crippen molar-refractivity contribution in [3.63, 3.8) is 0 Å². The van der Waals surface area contributed by atoms with E-state index in [-0.39, 0.29) is 0 Å². The van der Waals surface area contributed by atoms with Crippen molar-refractivity contribution < 1.29 is 65.9 Å². The quantitative estimate of drug-likeness (QED) is 0.511. The Balaban J connectivity index is 6.53. The monoisotopic (exact) mass is 371 g/mol. The fourth-order valence-corrected chi connectivity index (χ4v) is 0.909. The van der Waals surface area contributed by atoms with Gasteiger partial charge < -0.3 is 0 Å². The molecule has 0 aliphatic rings. The zero-order valence-corrected chi connectivity index (χ0v) is 9.12. The van der Waals surface area contributed by atoms with Gasteiger partial charge in [-0.05, 0) is 0 Å². The maximum absolute atomic E-state index is 12.5. The van der Waals surface area contributed by atoms with Crippen LogP contribution in [0, 0.1) is 0 Å². The molecular formula is C6F15N. The Hall–Kier alpha value is -1.09. The highest BCUT2D eigenvalue weighted by Gasteiger charge is 2.84. The van der Waals surface area contributed by atoms with E-state index in [2.05, 4.69) is 0 Å². The number of rotatable bonds is 3. The van der Waals surface area contributed by atoms with E-state index in [0.717, 1.165) is 0 Å². The smallest absolute Gasteiger partial charge is 0.177 e. The lowest BCUT2D eigenvalue weighted by atomic mass is 10.3. The molecule has 0 aromatic heterocycles. The zero-order chi connectivity index (χ0) is 18.6. The number of hydrogen-bond acceptors (Lipinski definition) is 1. The van der Waals surface area contributed by atoms with E-state index in [1.807, 2.05) is 0 Å². The van der Waals surface area contributed by atoms with Crippen LogP contribution in [0.3, 0.4) is 0 Å². The zero-order valence-electron chi connectivity index (χ0n) is 9.12. The van der Waals surface area contributed by atoms with Crippen LogP contribution in [0.1, 0.15) is 0 Å². The van der Waals surface area contributed by atoms with Crippen LogP contribution in [-0.4, -0.2) is 41.6 Å². The van der Waals surface area contributed by atoms with Crippen LogP contribution >= 0.6 is 0 Å². The van der Waals surface area contributed by atoms with Crippen molar-refractivity contribution in [2.75, 3.05) is 0 Å². The van der Waals surface area contributed by atoms with Gasteiger partial charge in [0.2, 0.25) is 0 Å². The molecule has 0 aliphatic carbocycles. The molecule has 16 heteroatoms. The normalized spacial score (nSPS) is 16.4. The molecule has 0 saturated heterocycles. The third-order valence-electron chi connectivity index (χ3n) is 1.87. The van der Waals surface area contributed by atoms with Gasteiger partial charge in [-0.25, -0.2) is 0 Å². The molecule has 0 bridgehead atoms. The van der Waals surface area contributed by atoms with Crippen molar-refractivity contribution in [1.82, 2.24) is 4.90 Å². The van der Waals surface area contributed by atoms with Gasteiger partial charge in [-0.15, -0.1) is 0 Å². The van der Waals surface area contributed by atoms with E-state index >= 15 is 0 Å². The Morgan fingerprint density at radius 2 is 0.455 bits per heavy atom. The minimum atomic E-state index is -7.87. The van der Waals surface area contributed by atoms with Gasteiger partial charge in [0.15, 0.2) is 0 Å². The Morgan fingerprint density at radius 3 is 0.545 bits per heavy atom. The molecule has 134 valence electrons. The lowest BCUT2D eigenvalue weighted by Gasteiger charge is -2.42. The summed E-state index contributed by atoms with van der Waals surface area (Å²) in [6.07, 6.45) is -22.8. The summed E-state index contributed by atoms with van der Waals surface area (Å²) in [7, 11) is 0. The summed E-state index contributed by atoms with van der Waals surface area (Å²) in [6.45, 7) is 0. The number of alkyl halides is 15. The molecule has 0 N–H and O–H groups in total. The molecule has 0 saturated carbocycles. The second-order valence-corrected chi connectivity index (χ2v) is 3.45. The van der Waals surface area contributed by atoms with Crippen LogP contribution in [0.25, 0.3) is 0 Å². The van der Waals surface area contributed by atoms with E-state index < -0.39 is 41.6 Å². The molecule has 0 aromatic rings. The Labute approximate surface area is 109 Å². The minimum absolute atomic E-state index is 4.56. The third-order valence-corrected chi connectivity index (χ3v) is 1.87. The van der Waals surface area contributed by atoms with Crippen molar-refractivity contribution >= 4 is 0 Å². The van der Waals surface area contributed by atoms with Gasteiger partial charge in [-0.2, -0.15) is 65.9 Å². The van der Waals surface area contributed by atoms with Crippen molar-refractivity contribution in [1.29, 1.82) is 0 Å². The fraction of sp³-hybridized carbons (Fsp3) is 1.00. The lowest BCUT2D eigenvalue weighted by Crippen LogP contribution is -2.72. The van der Waals surface area contributed by atoms with Crippen LogP contribution in [-0.2, 0) is 0 Å². The van der Waals surface area contributed by atoms with Crippen LogP contribution in [0.4, 0.5) is 65.9 Å². The molecule has 22 heavy (non-hydrogen) atoms. The molecule has 0 aliphatic heterocycles. The Kier molecular flexibility index (Phi) is 4.71. The van der Waals surface area contributed by atoms with Gasteiger partial charge in [-0.1, -0.05) is 4.90 Å². The first kappa shape index (κ1) is 20.9. The summed E-state index contributed by atoms with van der Waals surface area (Å²) in [5.74, 6) is 0. The molecule has 0 aromatic carbocycles. The first-order valence-corrected chi connectivity index (χ1v) is 4.26. The SMILES string of the molecule is FC(F)(F)C(F)(F)N(C(F)(F)C(F)(F)F)C(F)(F)C(F)(F)F. The number of hydrogen-bond donors (Lipinski definition) is 0. The third kappa shape index (κ3) is 3.15. The van der Waals surface area contributed by atoms with E-state index in [9.17, 15) is 65.9 Å². The fourth-order valence-electron chi connectivity index (χ4n) is 0.909. The van der Waals surface area contributed by atoms with Gasteiger partial charge in [0.1, 0.15) is 0 Å². The first-order chi connectivity index (χ1) is 9.12. The van der Waals surface area contributed by atoms with E-state index in [1.165, 1.54) is 0 Å². The second-order valence-electron chi connectivity index (χ2n) is 3.45. The Morgan fingerprint density at radius 1 is 0.318 bits per heavy atom. The summed E-state index contributed by atoms with van der Waals surface area (Å²) in [5, 5.41) is 0. The molecule has 0 fully saturated rings. The van der Waals surface area contributed by atoms with Crippen molar-refractivity contribution in [2.45, 2.75) is 36.7 Å². The maximum atomic E-state index is 12.5. The highest BCUT2D eigenvalue weighted by molar-refractivity contribution is 4.94. The van der Waals surface area contributed by atoms with E-state index in [1.54, 1.807) is 0 Å². The average molecular weight is 371 g/mol. The van der Waals surface area contributed by atoms with Gasteiger partial charge in [0, 0.05) is 0 Å². The van der Waals surface area contributed by atoms with Crippen molar-refractivity contribution in [2.24, 2.45) is 0 Å². The standard InChI is InChI=1S/C6F15N/c7-1(8,9)4(16,17)22(5(18,19)2(10,11)12)6(20,21)3(13,14)15. The summed E-state index contributed by atoms with van der Waals surface area (Å²) < 4.78 is 180. The molecular weight excluding hydrogens is 371 g/mol. The summed E-state index contributed by atoms with van der Waals surface area (Å²) in [6, 6.07) is -23.6. The second kappa shape index (κ2) is 4.95. The van der Waals surface area contributed by atoms with Crippen LogP contribution < -0.4 is 0 Å². The van der Waals surface area contributed by atoms with Gasteiger partial charge in [-0.3, -0.25) is 0 Å². The van der Waals surface area contributed by atoms with Crippen LogP contribution in [0.15, 0.2) is 0 Å². The topological polar surface area (TPSA) is 3.24 Å².